The van der Waals surface area contributed by atoms with Crippen LogP contribution in [0.15, 0.2) is 0 Å². The molecule has 0 aromatic heterocycles. The van der Waals surface area contributed by atoms with E-state index in [1.54, 1.807) is 0 Å². The van der Waals surface area contributed by atoms with Crippen molar-refractivity contribution in [2.24, 2.45) is 0 Å². The minimum atomic E-state index is -1.02. The number of hydrogen-bond donors (Lipinski definition) is 3. The van der Waals surface area contributed by atoms with Crippen LogP contribution in [0, 0.1) is 0 Å². The summed E-state index contributed by atoms with van der Waals surface area (Å²) in [5, 5.41) is 26.3. The maximum atomic E-state index is 9.04. The minimum Gasteiger partial charge on any atom is -0.394 e. The van der Waals surface area contributed by atoms with Gasteiger partial charge < -0.3 is 20.1 Å². The second-order valence-corrected chi connectivity index (χ2v) is 2.51. The first kappa shape index (κ1) is 7.94. The average molecular weight is 148 g/mol. The molecular formula is C6H12O4. The van der Waals surface area contributed by atoms with E-state index in [1.165, 1.54) is 0 Å². The van der Waals surface area contributed by atoms with Crippen LogP contribution in [0.4, 0.5) is 0 Å². The zero-order valence-electron chi connectivity index (χ0n) is 5.60. The highest BCUT2D eigenvalue weighted by molar-refractivity contribution is 4.77. The van der Waals surface area contributed by atoms with Crippen LogP contribution in [-0.4, -0.2) is 46.8 Å². The Labute approximate surface area is 59.1 Å². The lowest BCUT2D eigenvalue weighted by Crippen LogP contribution is -2.30. The molecule has 1 heterocycles. The Bertz CT molecular complexity index is 102. The molecule has 3 N–H and O–H groups in total. The van der Waals surface area contributed by atoms with Crippen LogP contribution in [0.1, 0.15) is 6.42 Å². The van der Waals surface area contributed by atoms with Gasteiger partial charge in [-0.25, -0.2) is 0 Å². The van der Waals surface area contributed by atoms with Crippen molar-refractivity contribution in [2.75, 3.05) is 13.2 Å². The van der Waals surface area contributed by atoms with Crippen LogP contribution in [0.2, 0.25) is 0 Å². The number of ether oxygens (including phenoxy) is 1. The third-order valence-corrected chi connectivity index (χ3v) is 1.54. The van der Waals surface area contributed by atoms with Gasteiger partial charge in [-0.2, -0.15) is 0 Å². The Morgan fingerprint density at radius 1 is 1.40 bits per heavy atom. The molecule has 60 valence electrons. The third kappa shape index (κ3) is 2.22. The Morgan fingerprint density at radius 3 is 2.40 bits per heavy atom. The van der Waals surface area contributed by atoms with E-state index in [9.17, 15) is 0 Å². The van der Waals surface area contributed by atoms with Gasteiger partial charge in [0.25, 0.3) is 0 Å². The summed E-state index contributed by atoms with van der Waals surface area (Å²) in [5.41, 5.74) is 0. The molecule has 10 heavy (non-hydrogen) atoms. The number of aliphatic hydroxyl groups excluding tert-OH is 3. The molecule has 3 unspecified atom stereocenters. The van der Waals surface area contributed by atoms with Gasteiger partial charge in [0, 0.05) is 6.42 Å². The molecule has 0 spiro atoms. The van der Waals surface area contributed by atoms with Crippen molar-refractivity contribution >= 4 is 0 Å². The lowest BCUT2D eigenvalue weighted by atomic mass is 10.1. The van der Waals surface area contributed by atoms with Gasteiger partial charge in [-0.3, -0.25) is 0 Å². The molecule has 1 aliphatic rings. The quantitative estimate of drug-likeness (QED) is 0.424. The van der Waals surface area contributed by atoms with Gasteiger partial charge in [0.05, 0.1) is 25.4 Å². The van der Waals surface area contributed by atoms with E-state index < -0.39 is 18.8 Å². The molecule has 1 rings (SSSR count). The van der Waals surface area contributed by atoms with Crippen molar-refractivity contribution in [3.8, 4) is 0 Å². The van der Waals surface area contributed by atoms with E-state index >= 15 is 0 Å². The lowest BCUT2D eigenvalue weighted by Gasteiger charge is -2.13. The normalized spacial score (nSPS) is 29.7. The topological polar surface area (TPSA) is 73.2 Å². The van der Waals surface area contributed by atoms with Crippen molar-refractivity contribution < 1.29 is 20.1 Å². The molecule has 1 aliphatic heterocycles. The van der Waals surface area contributed by atoms with Crippen LogP contribution in [0.3, 0.4) is 0 Å². The first-order chi connectivity index (χ1) is 4.74. The predicted molar refractivity (Wildman–Crippen MR) is 33.5 cm³/mol. The molecule has 0 aromatic carbocycles. The predicted octanol–water partition coefficient (Wildman–Crippen LogP) is -1.51. The number of rotatable bonds is 4. The molecule has 4 nitrogen and oxygen atoms in total. The summed E-state index contributed by atoms with van der Waals surface area (Å²) in [6.07, 6.45) is -1.36. The number of aliphatic hydroxyl groups is 3. The van der Waals surface area contributed by atoms with Gasteiger partial charge in [-0.05, 0) is 0 Å². The lowest BCUT2D eigenvalue weighted by molar-refractivity contribution is -0.0204. The van der Waals surface area contributed by atoms with Crippen LogP contribution in [0.25, 0.3) is 0 Å². The Hall–Kier alpha value is -0.160. The molecule has 0 radical (unpaired) electrons. The van der Waals surface area contributed by atoms with Gasteiger partial charge in [0.1, 0.15) is 6.10 Å². The van der Waals surface area contributed by atoms with Gasteiger partial charge >= 0.3 is 0 Å². The summed E-state index contributed by atoms with van der Waals surface area (Å²) in [5.74, 6) is 0. The molecule has 0 saturated carbocycles. The average Bonchev–Trinajstić information content (AvgIpc) is 2.70. The summed E-state index contributed by atoms with van der Waals surface area (Å²) in [6.45, 7) is 0.267. The largest absolute Gasteiger partial charge is 0.394 e. The van der Waals surface area contributed by atoms with Crippen LogP contribution in [0.5, 0.6) is 0 Å². The van der Waals surface area contributed by atoms with Crippen molar-refractivity contribution in [1.29, 1.82) is 0 Å². The Morgan fingerprint density at radius 2 is 2.00 bits per heavy atom. The van der Waals surface area contributed by atoms with Crippen LogP contribution < -0.4 is 0 Å². The van der Waals surface area contributed by atoms with Crippen molar-refractivity contribution in [3.05, 3.63) is 0 Å². The molecule has 0 bridgehead atoms. The fraction of sp³-hybridized carbons (Fsp3) is 1.00. The summed E-state index contributed by atoms with van der Waals surface area (Å²) < 4.78 is 4.82. The van der Waals surface area contributed by atoms with Crippen LogP contribution in [-0.2, 0) is 4.74 Å². The van der Waals surface area contributed by atoms with E-state index in [-0.39, 0.29) is 6.10 Å². The molecular weight excluding hydrogens is 136 g/mol. The van der Waals surface area contributed by atoms with Gasteiger partial charge in [-0.1, -0.05) is 0 Å². The zero-order chi connectivity index (χ0) is 7.56. The molecule has 1 fully saturated rings. The van der Waals surface area contributed by atoms with E-state index in [1.807, 2.05) is 0 Å². The summed E-state index contributed by atoms with van der Waals surface area (Å²) in [6, 6.07) is 0. The van der Waals surface area contributed by atoms with E-state index in [0.29, 0.717) is 13.0 Å². The maximum absolute atomic E-state index is 9.04. The van der Waals surface area contributed by atoms with Gasteiger partial charge in [0.2, 0.25) is 0 Å². The standard InChI is InChI=1S/C6H12O4/c7-2-6(9)5(8)1-4-3-10-4/h4-9H,1-3H2. The second-order valence-electron chi connectivity index (χ2n) is 2.51. The molecule has 0 amide bonds. The Kier molecular flexibility index (Phi) is 2.62. The molecule has 0 aromatic rings. The summed E-state index contributed by atoms with van der Waals surface area (Å²) in [4.78, 5) is 0. The fourth-order valence-electron chi connectivity index (χ4n) is 0.752. The molecule has 4 heteroatoms. The van der Waals surface area contributed by atoms with E-state index in [4.69, 9.17) is 20.1 Å². The molecule has 3 atom stereocenters. The second kappa shape index (κ2) is 3.30. The van der Waals surface area contributed by atoms with Crippen molar-refractivity contribution in [1.82, 2.24) is 0 Å². The molecule has 0 aliphatic carbocycles. The van der Waals surface area contributed by atoms with Crippen LogP contribution >= 0.6 is 0 Å². The van der Waals surface area contributed by atoms with E-state index in [0.717, 1.165) is 0 Å². The number of epoxide rings is 1. The highest BCUT2D eigenvalue weighted by atomic mass is 16.6. The SMILES string of the molecule is OCC(O)C(O)CC1CO1. The van der Waals surface area contributed by atoms with Gasteiger partial charge in [0.15, 0.2) is 0 Å². The Balaban J connectivity index is 2.11. The zero-order valence-corrected chi connectivity index (χ0v) is 5.60. The summed E-state index contributed by atoms with van der Waals surface area (Å²) >= 11 is 0. The highest BCUT2D eigenvalue weighted by Crippen LogP contribution is 2.16. The highest BCUT2D eigenvalue weighted by Gasteiger charge is 2.28. The smallest absolute Gasteiger partial charge is 0.103 e. The van der Waals surface area contributed by atoms with E-state index in [2.05, 4.69) is 0 Å². The van der Waals surface area contributed by atoms with Crippen molar-refractivity contribution in [3.63, 3.8) is 0 Å². The van der Waals surface area contributed by atoms with Crippen molar-refractivity contribution in [2.45, 2.75) is 24.7 Å². The molecule has 1 saturated heterocycles. The first-order valence-corrected chi connectivity index (χ1v) is 3.32. The van der Waals surface area contributed by atoms with Gasteiger partial charge in [-0.15, -0.1) is 0 Å². The fourth-order valence-corrected chi connectivity index (χ4v) is 0.752. The first-order valence-electron chi connectivity index (χ1n) is 3.32. The third-order valence-electron chi connectivity index (χ3n) is 1.54. The minimum absolute atomic E-state index is 0.0937. The maximum Gasteiger partial charge on any atom is 0.103 e. The monoisotopic (exact) mass is 148 g/mol. The number of hydrogen-bond acceptors (Lipinski definition) is 4. The summed E-state index contributed by atoms with van der Waals surface area (Å²) in [7, 11) is 0.